The van der Waals surface area contributed by atoms with Gasteiger partial charge in [-0.2, -0.15) is 0 Å². The van der Waals surface area contributed by atoms with Crippen molar-refractivity contribution < 1.29 is 0 Å². The Morgan fingerprint density at radius 2 is 1.79 bits per heavy atom. The molecule has 2 aromatic rings. The molecule has 1 unspecified atom stereocenters. The predicted octanol–water partition coefficient (Wildman–Crippen LogP) is 4.57. The summed E-state index contributed by atoms with van der Waals surface area (Å²) in [6.45, 7) is 2.18. The second-order valence-electron chi connectivity index (χ2n) is 5.67. The standard InChI is InChI=1S/C17H21NS/c1-13-9-12-19-15(13)16(18)17(10-5-6-11-17)14-7-3-2-4-8-14/h2-4,7-9,12,16H,5-6,10-11,18H2,1H3. The zero-order chi connectivity index (χ0) is 13.3. The van der Waals surface area contributed by atoms with E-state index in [1.165, 1.54) is 41.7 Å². The molecular formula is C17H21NS. The van der Waals surface area contributed by atoms with Crippen molar-refractivity contribution in [3.63, 3.8) is 0 Å². The van der Waals surface area contributed by atoms with Crippen molar-refractivity contribution >= 4 is 11.3 Å². The number of hydrogen-bond acceptors (Lipinski definition) is 2. The lowest BCUT2D eigenvalue weighted by Gasteiger charge is -2.36. The van der Waals surface area contributed by atoms with Gasteiger partial charge in [-0.1, -0.05) is 43.2 Å². The van der Waals surface area contributed by atoms with E-state index in [-0.39, 0.29) is 11.5 Å². The fourth-order valence-electron chi connectivity index (χ4n) is 3.51. The average molecular weight is 271 g/mol. The van der Waals surface area contributed by atoms with Gasteiger partial charge in [0.05, 0.1) is 0 Å². The lowest BCUT2D eigenvalue weighted by atomic mass is 9.72. The van der Waals surface area contributed by atoms with Gasteiger partial charge in [-0.25, -0.2) is 0 Å². The van der Waals surface area contributed by atoms with Crippen molar-refractivity contribution in [2.24, 2.45) is 5.73 Å². The third kappa shape index (κ3) is 2.13. The molecule has 1 fully saturated rings. The second-order valence-corrected chi connectivity index (χ2v) is 6.62. The molecule has 1 atom stereocenters. The average Bonchev–Trinajstić information content (AvgIpc) is 3.08. The van der Waals surface area contributed by atoms with Crippen molar-refractivity contribution in [1.82, 2.24) is 0 Å². The highest BCUT2D eigenvalue weighted by Crippen LogP contribution is 2.49. The van der Waals surface area contributed by atoms with Gasteiger partial charge < -0.3 is 5.73 Å². The molecule has 1 aromatic carbocycles. The molecule has 0 bridgehead atoms. The summed E-state index contributed by atoms with van der Waals surface area (Å²) in [5, 5.41) is 2.16. The zero-order valence-corrected chi connectivity index (χ0v) is 12.2. The molecule has 1 nitrogen and oxygen atoms in total. The van der Waals surface area contributed by atoms with Crippen LogP contribution in [-0.4, -0.2) is 0 Å². The normalized spacial score (nSPS) is 19.5. The van der Waals surface area contributed by atoms with Gasteiger partial charge in [0, 0.05) is 16.3 Å². The van der Waals surface area contributed by atoms with E-state index in [4.69, 9.17) is 5.73 Å². The molecule has 0 amide bonds. The van der Waals surface area contributed by atoms with E-state index in [1.807, 2.05) is 11.3 Å². The van der Waals surface area contributed by atoms with Crippen LogP contribution < -0.4 is 5.73 Å². The molecule has 1 aliphatic carbocycles. The number of thiophene rings is 1. The minimum absolute atomic E-state index is 0.136. The minimum atomic E-state index is 0.136. The summed E-state index contributed by atoms with van der Waals surface area (Å²) in [4.78, 5) is 1.37. The topological polar surface area (TPSA) is 26.0 Å². The molecule has 0 aliphatic heterocycles. The molecule has 1 heterocycles. The molecule has 1 aromatic heterocycles. The largest absolute Gasteiger partial charge is 0.323 e. The number of nitrogens with two attached hydrogens (primary N) is 1. The molecule has 0 spiro atoms. The lowest BCUT2D eigenvalue weighted by molar-refractivity contribution is 0.359. The fourth-order valence-corrected chi connectivity index (χ4v) is 4.55. The van der Waals surface area contributed by atoms with E-state index in [0.29, 0.717) is 0 Å². The number of aryl methyl sites for hydroxylation is 1. The molecular weight excluding hydrogens is 250 g/mol. The molecule has 1 saturated carbocycles. The van der Waals surface area contributed by atoms with Gasteiger partial charge in [0.1, 0.15) is 0 Å². The first-order valence-electron chi connectivity index (χ1n) is 7.09. The maximum atomic E-state index is 6.72. The van der Waals surface area contributed by atoms with E-state index in [1.54, 1.807) is 0 Å². The zero-order valence-electron chi connectivity index (χ0n) is 11.4. The highest BCUT2D eigenvalue weighted by molar-refractivity contribution is 7.10. The molecule has 0 radical (unpaired) electrons. The summed E-state index contributed by atoms with van der Waals surface area (Å²) < 4.78 is 0. The maximum absolute atomic E-state index is 6.72. The highest BCUT2D eigenvalue weighted by atomic mass is 32.1. The van der Waals surface area contributed by atoms with E-state index in [9.17, 15) is 0 Å². The van der Waals surface area contributed by atoms with Crippen LogP contribution in [0.5, 0.6) is 0 Å². The summed E-state index contributed by atoms with van der Waals surface area (Å²) in [6.07, 6.45) is 5.03. The highest BCUT2D eigenvalue weighted by Gasteiger charge is 2.42. The molecule has 2 N–H and O–H groups in total. The van der Waals surface area contributed by atoms with Gasteiger partial charge >= 0.3 is 0 Å². The Morgan fingerprint density at radius 1 is 1.11 bits per heavy atom. The van der Waals surface area contributed by atoms with Crippen molar-refractivity contribution in [2.45, 2.75) is 44.1 Å². The Labute approximate surface area is 119 Å². The lowest BCUT2D eigenvalue weighted by Crippen LogP contribution is -2.36. The smallest absolute Gasteiger partial charge is 0.0490 e. The Kier molecular flexibility index (Phi) is 3.46. The molecule has 0 saturated heterocycles. The molecule has 2 heteroatoms. The van der Waals surface area contributed by atoms with Crippen LogP contribution in [-0.2, 0) is 5.41 Å². The molecule has 100 valence electrons. The van der Waals surface area contributed by atoms with Gasteiger partial charge in [0.25, 0.3) is 0 Å². The van der Waals surface area contributed by atoms with E-state index < -0.39 is 0 Å². The number of benzene rings is 1. The van der Waals surface area contributed by atoms with E-state index >= 15 is 0 Å². The fraction of sp³-hybridized carbons (Fsp3) is 0.412. The van der Waals surface area contributed by atoms with Gasteiger partial charge in [0.15, 0.2) is 0 Å². The third-order valence-corrected chi connectivity index (χ3v) is 5.73. The van der Waals surface area contributed by atoms with Crippen LogP contribution in [0.25, 0.3) is 0 Å². The van der Waals surface area contributed by atoms with Crippen molar-refractivity contribution in [3.8, 4) is 0 Å². The van der Waals surface area contributed by atoms with Crippen LogP contribution in [0.4, 0.5) is 0 Å². The van der Waals surface area contributed by atoms with Crippen molar-refractivity contribution in [1.29, 1.82) is 0 Å². The summed E-state index contributed by atoms with van der Waals surface area (Å²) in [6, 6.07) is 13.2. The number of hydrogen-bond donors (Lipinski definition) is 1. The van der Waals surface area contributed by atoms with Crippen LogP contribution in [0.2, 0.25) is 0 Å². The molecule has 3 rings (SSSR count). The minimum Gasteiger partial charge on any atom is -0.323 e. The van der Waals surface area contributed by atoms with Gasteiger partial charge in [-0.05, 0) is 42.3 Å². The van der Waals surface area contributed by atoms with Crippen molar-refractivity contribution in [2.75, 3.05) is 0 Å². The van der Waals surface area contributed by atoms with E-state index in [0.717, 1.165) is 0 Å². The van der Waals surface area contributed by atoms with Crippen molar-refractivity contribution in [3.05, 3.63) is 57.8 Å². The monoisotopic (exact) mass is 271 g/mol. The molecule has 19 heavy (non-hydrogen) atoms. The first-order valence-corrected chi connectivity index (χ1v) is 7.97. The Morgan fingerprint density at radius 3 is 2.37 bits per heavy atom. The SMILES string of the molecule is Cc1ccsc1C(N)C1(c2ccccc2)CCCC1. The summed E-state index contributed by atoms with van der Waals surface area (Å²) in [7, 11) is 0. The third-order valence-electron chi connectivity index (χ3n) is 4.62. The van der Waals surface area contributed by atoms with Crippen LogP contribution in [0.15, 0.2) is 41.8 Å². The van der Waals surface area contributed by atoms with Crippen LogP contribution in [0.3, 0.4) is 0 Å². The van der Waals surface area contributed by atoms with E-state index in [2.05, 4.69) is 48.7 Å². The van der Waals surface area contributed by atoms with Crippen LogP contribution >= 0.6 is 11.3 Å². The van der Waals surface area contributed by atoms with Gasteiger partial charge in [0.2, 0.25) is 0 Å². The Hall–Kier alpha value is -1.12. The molecule has 1 aliphatic rings. The summed E-state index contributed by atoms with van der Waals surface area (Å²) in [5.41, 5.74) is 9.64. The van der Waals surface area contributed by atoms with Crippen LogP contribution in [0, 0.1) is 6.92 Å². The predicted molar refractivity (Wildman–Crippen MR) is 82.6 cm³/mol. The Bertz CT molecular complexity index is 537. The van der Waals surface area contributed by atoms with Gasteiger partial charge in [-0.3, -0.25) is 0 Å². The first-order chi connectivity index (χ1) is 9.24. The first kappa shape index (κ1) is 12.9. The summed E-state index contributed by atoms with van der Waals surface area (Å²) >= 11 is 1.81. The quantitative estimate of drug-likeness (QED) is 0.869. The van der Waals surface area contributed by atoms with Gasteiger partial charge in [-0.15, -0.1) is 11.3 Å². The Balaban J connectivity index is 2.04. The van der Waals surface area contributed by atoms with Crippen LogP contribution in [0.1, 0.15) is 47.7 Å². The maximum Gasteiger partial charge on any atom is 0.0490 e. The second kappa shape index (κ2) is 5.10. The summed E-state index contributed by atoms with van der Waals surface area (Å²) in [5.74, 6) is 0. The number of rotatable bonds is 3.